The van der Waals surface area contributed by atoms with Crippen molar-refractivity contribution in [2.24, 2.45) is 0 Å². The Morgan fingerprint density at radius 3 is 1.92 bits per heavy atom. The van der Waals surface area contributed by atoms with Crippen molar-refractivity contribution in [3.8, 4) is 0 Å². The van der Waals surface area contributed by atoms with E-state index in [1.807, 2.05) is 67.8 Å². The van der Waals surface area contributed by atoms with Crippen molar-refractivity contribution in [2.45, 2.75) is 59.7 Å². The van der Waals surface area contributed by atoms with Crippen LogP contribution in [0.1, 0.15) is 46.6 Å². The van der Waals surface area contributed by atoms with Gasteiger partial charge < -0.3 is 29.5 Å². The molecule has 0 fully saturated rings. The van der Waals surface area contributed by atoms with E-state index in [1.165, 1.54) is 32.6 Å². The smallest absolute Gasteiger partial charge is 0.303 e. The maximum atomic E-state index is 13.4. The van der Waals surface area contributed by atoms with Crippen molar-refractivity contribution in [1.82, 2.24) is 0 Å². The Morgan fingerprint density at radius 1 is 0.868 bits per heavy atom. The van der Waals surface area contributed by atoms with E-state index >= 15 is 0 Å². The van der Waals surface area contributed by atoms with Crippen molar-refractivity contribution < 1.29 is 48.1 Å². The van der Waals surface area contributed by atoms with E-state index in [1.54, 1.807) is 0 Å². The van der Waals surface area contributed by atoms with E-state index in [2.05, 4.69) is 5.32 Å². The van der Waals surface area contributed by atoms with E-state index in [0.717, 1.165) is 6.92 Å². The van der Waals surface area contributed by atoms with Crippen molar-refractivity contribution in [1.29, 1.82) is 0 Å². The molecule has 0 spiro atoms. The van der Waals surface area contributed by atoms with Gasteiger partial charge in [-0.3, -0.25) is 28.8 Å². The lowest BCUT2D eigenvalue weighted by atomic mass is 10.1. The first-order chi connectivity index (χ1) is 17.6. The average molecular weight is 872 g/mol. The molecule has 2 N–H and O–H groups in total. The number of aliphatic carboxylic acids is 1. The summed E-state index contributed by atoms with van der Waals surface area (Å²) in [5, 5.41) is 12.0. The van der Waals surface area contributed by atoms with Crippen LogP contribution in [0.15, 0.2) is 0 Å². The summed E-state index contributed by atoms with van der Waals surface area (Å²) in [5.74, 6) is -4.20. The Labute approximate surface area is 260 Å². The topological polar surface area (TPSA) is 166 Å². The number of carbonyl (C=O) groups is 6. The molecule has 0 aliphatic heterocycles. The molecule has 2 amide bonds. The number of ether oxygens (including phenoxy) is 3. The molecule has 15 heteroatoms. The first-order valence-corrected chi connectivity index (χ1v) is 14.3. The molecule has 2 atom stereocenters. The number of carboxylic acid groups (broad SMARTS) is 1. The molecule has 1 aromatic rings. The fourth-order valence-corrected chi connectivity index (χ4v) is 7.72. The SMILES string of the molecule is CC(=O)OCCN(C(=O)C(C)OC(C)=O)c1c(I)c(CCC(=O)O)c(I)c(NC(=O)C(C)OC(C)=O)c1I. The Hall–Kier alpha value is -1.77. The maximum Gasteiger partial charge on any atom is 0.303 e. The third-order valence-corrected chi connectivity index (χ3v) is 8.18. The fraction of sp³-hybridized carbons (Fsp3) is 0.478. The first kappa shape index (κ1) is 34.3. The summed E-state index contributed by atoms with van der Waals surface area (Å²) in [6.45, 7) is 6.03. The molecular formula is C23H27I3N2O10. The highest BCUT2D eigenvalue weighted by atomic mass is 127. The van der Waals surface area contributed by atoms with Crippen LogP contribution in [0, 0.1) is 10.7 Å². The molecular weight excluding hydrogens is 845 g/mol. The van der Waals surface area contributed by atoms with E-state index in [-0.39, 0.29) is 31.7 Å². The minimum atomic E-state index is -1.19. The lowest BCUT2D eigenvalue weighted by molar-refractivity contribution is -0.151. The molecule has 38 heavy (non-hydrogen) atoms. The van der Waals surface area contributed by atoms with Gasteiger partial charge in [0.25, 0.3) is 11.8 Å². The van der Waals surface area contributed by atoms with E-state index < -0.39 is 47.9 Å². The molecule has 1 aromatic carbocycles. The van der Waals surface area contributed by atoms with Gasteiger partial charge in [-0.15, -0.1) is 0 Å². The van der Waals surface area contributed by atoms with Crippen LogP contribution in [0.4, 0.5) is 11.4 Å². The highest BCUT2D eigenvalue weighted by Crippen LogP contribution is 2.41. The number of carboxylic acids is 1. The van der Waals surface area contributed by atoms with Crippen LogP contribution >= 0.6 is 67.8 Å². The number of carbonyl (C=O) groups excluding carboxylic acids is 5. The van der Waals surface area contributed by atoms with Gasteiger partial charge >= 0.3 is 23.9 Å². The van der Waals surface area contributed by atoms with Crippen molar-refractivity contribution >= 4 is 115 Å². The molecule has 0 heterocycles. The maximum absolute atomic E-state index is 13.4. The second kappa shape index (κ2) is 15.7. The van der Waals surface area contributed by atoms with Crippen molar-refractivity contribution in [3.05, 3.63) is 16.3 Å². The summed E-state index contributed by atoms with van der Waals surface area (Å²) in [6, 6.07) is 0. The Balaban J connectivity index is 3.79. The quantitative estimate of drug-likeness (QED) is 0.181. The monoisotopic (exact) mass is 872 g/mol. The third-order valence-electron chi connectivity index (χ3n) is 4.78. The minimum absolute atomic E-state index is 0.0731. The minimum Gasteiger partial charge on any atom is -0.481 e. The summed E-state index contributed by atoms with van der Waals surface area (Å²) in [4.78, 5) is 73.1. The van der Waals surface area contributed by atoms with Gasteiger partial charge in [0.1, 0.15) is 6.61 Å². The van der Waals surface area contributed by atoms with E-state index in [9.17, 15) is 33.9 Å². The van der Waals surface area contributed by atoms with Crippen LogP contribution in [-0.2, 0) is 49.4 Å². The molecule has 2 unspecified atom stereocenters. The van der Waals surface area contributed by atoms with Crippen molar-refractivity contribution in [2.75, 3.05) is 23.4 Å². The largest absolute Gasteiger partial charge is 0.481 e. The van der Waals surface area contributed by atoms with Crippen LogP contribution < -0.4 is 10.2 Å². The Bertz CT molecular complexity index is 1130. The number of anilines is 2. The highest BCUT2D eigenvalue weighted by molar-refractivity contribution is 14.1. The van der Waals surface area contributed by atoms with Gasteiger partial charge in [-0.1, -0.05) is 0 Å². The third kappa shape index (κ3) is 10.1. The van der Waals surface area contributed by atoms with Gasteiger partial charge in [0.05, 0.1) is 21.5 Å². The van der Waals surface area contributed by atoms with Gasteiger partial charge in [0.15, 0.2) is 12.2 Å². The number of nitrogens with one attached hydrogen (secondary N) is 1. The zero-order chi connectivity index (χ0) is 29.3. The number of hydrogen-bond donors (Lipinski definition) is 2. The molecule has 12 nitrogen and oxygen atoms in total. The van der Waals surface area contributed by atoms with Crippen molar-refractivity contribution in [3.63, 3.8) is 0 Å². The predicted octanol–water partition coefficient (Wildman–Crippen LogP) is 3.26. The van der Waals surface area contributed by atoms with Gasteiger partial charge in [-0.05, 0) is 93.6 Å². The zero-order valence-electron chi connectivity index (χ0n) is 21.2. The fourth-order valence-electron chi connectivity index (χ4n) is 3.16. The number of esters is 3. The van der Waals surface area contributed by atoms with E-state index in [4.69, 9.17) is 14.2 Å². The summed E-state index contributed by atoms with van der Waals surface area (Å²) < 4.78 is 16.5. The van der Waals surface area contributed by atoms with Crippen LogP contribution in [0.2, 0.25) is 0 Å². The number of hydrogen-bond acceptors (Lipinski definition) is 9. The van der Waals surface area contributed by atoms with Gasteiger partial charge in [-0.25, -0.2) is 0 Å². The summed E-state index contributed by atoms with van der Waals surface area (Å²) in [7, 11) is 0. The van der Waals surface area contributed by atoms with Gasteiger partial charge in [0, 0.05) is 34.3 Å². The molecule has 1 rings (SSSR count). The average Bonchev–Trinajstić information content (AvgIpc) is 2.78. The number of amides is 2. The molecule has 0 saturated heterocycles. The number of halogens is 3. The number of benzene rings is 1. The lowest BCUT2D eigenvalue weighted by Crippen LogP contribution is -2.43. The molecule has 0 bridgehead atoms. The summed E-state index contributed by atoms with van der Waals surface area (Å²) in [6.07, 6.45) is -2.48. The van der Waals surface area contributed by atoms with Crippen LogP contribution in [-0.4, -0.2) is 66.2 Å². The standard InChI is InChI=1S/C23H27I3N2O10/c1-10(37-13(4)30)22(34)27-20-17(24)15(6-7-16(32)33)18(25)21(19(20)26)28(8-9-36-12(3)29)23(35)11(2)38-14(5)31/h10-11H,6-9H2,1-5H3,(H,27,34)(H,32,33). The highest BCUT2D eigenvalue weighted by Gasteiger charge is 2.32. The van der Waals surface area contributed by atoms with Gasteiger partial charge in [-0.2, -0.15) is 0 Å². The van der Waals surface area contributed by atoms with Crippen LogP contribution in [0.5, 0.6) is 0 Å². The van der Waals surface area contributed by atoms with E-state index in [0.29, 0.717) is 22.0 Å². The molecule has 0 aromatic heterocycles. The second-order valence-corrected chi connectivity index (χ2v) is 11.1. The Morgan fingerprint density at radius 2 is 1.42 bits per heavy atom. The number of nitrogens with zero attached hydrogens (tertiary/aromatic N) is 1. The van der Waals surface area contributed by atoms with Gasteiger partial charge in [0.2, 0.25) is 0 Å². The van der Waals surface area contributed by atoms with Crippen LogP contribution in [0.25, 0.3) is 0 Å². The molecule has 210 valence electrons. The molecule has 0 aliphatic carbocycles. The first-order valence-electron chi connectivity index (χ1n) is 11.1. The van der Waals surface area contributed by atoms with Crippen LogP contribution in [0.3, 0.4) is 0 Å². The molecule has 0 aliphatic rings. The normalized spacial score (nSPS) is 12.1. The molecule has 0 saturated carbocycles. The summed E-state index contributed by atoms with van der Waals surface area (Å²) in [5.41, 5.74) is 1.12. The second-order valence-electron chi connectivity index (χ2n) is 7.86. The summed E-state index contributed by atoms with van der Waals surface area (Å²) >= 11 is 5.90. The number of rotatable bonds is 12. The molecule has 0 radical (unpaired) electrons. The zero-order valence-corrected chi connectivity index (χ0v) is 27.7. The Kier molecular flexibility index (Phi) is 14.2. The predicted molar refractivity (Wildman–Crippen MR) is 161 cm³/mol. The lowest BCUT2D eigenvalue weighted by Gasteiger charge is -2.30.